The SMILES string of the molecule is Cc1ccc(CNC(=O)Cn2cnnc2C#N)cc1. The Kier molecular flexibility index (Phi) is 3.88. The molecular weight excluding hydrogens is 242 g/mol. The van der Waals surface area contributed by atoms with Gasteiger partial charge in [0.1, 0.15) is 18.9 Å². The minimum absolute atomic E-state index is 0.0434. The molecule has 2 aromatic rings. The molecule has 96 valence electrons. The number of aryl methyl sites for hydroxylation is 1. The van der Waals surface area contributed by atoms with E-state index < -0.39 is 0 Å². The zero-order chi connectivity index (χ0) is 13.7. The Morgan fingerprint density at radius 3 is 2.84 bits per heavy atom. The van der Waals surface area contributed by atoms with Gasteiger partial charge in [-0.2, -0.15) is 5.26 Å². The number of nitrogens with one attached hydrogen (secondary N) is 1. The van der Waals surface area contributed by atoms with Crippen LogP contribution in [-0.2, 0) is 17.9 Å². The fourth-order valence-corrected chi connectivity index (χ4v) is 1.57. The summed E-state index contributed by atoms with van der Waals surface area (Å²) >= 11 is 0. The third-order valence-corrected chi connectivity index (χ3v) is 2.64. The van der Waals surface area contributed by atoms with Crippen LogP contribution in [0.3, 0.4) is 0 Å². The first-order chi connectivity index (χ1) is 9.19. The van der Waals surface area contributed by atoms with Gasteiger partial charge < -0.3 is 5.32 Å². The van der Waals surface area contributed by atoms with Gasteiger partial charge in [0.25, 0.3) is 0 Å². The summed E-state index contributed by atoms with van der Waals surface area (Å²) in [6.45, 7) is 2.52. The number of nitriles is 1. The summed E-state index contributed by atoms with van der Waals surface area (Å²) in [5.74, 6) is -0.0534. The summed E-state index contributed by atoms with van der Waals surface area (Å²) in [5, 5.41) is 18.7. The second kappa shape index (κ2) is 5.78. The number of carbonyl (C=O) groups is 1. The summed E-state index contributed by atoms with van der Waals surface area (Å²) < 4.78 is 1.41. The molecule has 0 saturated carbocycles. The molecular formula is C13H13N5O. The van der Waals surface area contributed by atoms with Gasteiger partial charge in [-0.1, -0.05) is 29.8 Å². The van der Waals surface area contributed by atoms with Crippen LogP contribution in [0.15, 0.2) is 30.6 Å². The molecule has 1 N–H and O–H groups in total. The highest BCUT2D eigenvalue weighted by Gasteiger charge is 2.07. The van der Waals surface area contributed by atoms with E-state index in [9.17, 15) is 4.79 Å². The Morgan fingerprint density at radius 2 is 2.16 bits per heavy atom. The van der Waals surface area contributed by atoms with Crippen molar-refractivity contribution in [2.75, 3.05) is 0 Å². The number of hydrogen-bond donors (Lipinski definition) is 1. The fourth-order valence-electron chi connectivity index (χ4n) is 1.57. The Bertz CT molecular complexity index is 609. The zero-order valence-corrected chi connectivity index (χ0v) is 10.5. The summed E-state index contributed by atoms with van der Waals surface area (Å²) in [6, 6.07) is 9.80. The van der Waals surface area contributed by atoms with E-state index in [1.165, 1.54) is 16.5 Å². The van der Waals surface area contributed by atoms with Crippen molar-refractivity contribution in [1.82, 2.24) is 20.1 Å². The molecule has 19 heavy (non-hydrogen) atoms. The predicted molar refractivity (Wildman–Crippen MR) is 67.8 cm³/mol. The van der Waals surface area contributed by atoms with Crippen molar-refractivity contribution in [2.45, 2.75) is 20.0 Å². The molecule has 0 aliphatic rings. The highest BCUT2D eigenvalue weighted by atomic mass is 16.1. The molecule has 6 nitrogen and oxygen atoms in total. The molecule has 1 aromatic carbocycles. The van der Waals surface area contributed by atoms with Crippen molar-refractivity contribution in [3.05, 3.63) is 47.5 Å². The van der Waals surface area contributed by atoms with Crippen LogP contribution in [0.4, 0.5) is 0 Å². The molecule has 0 bridgehead atoms. The molecule has 0 fully saturated rings. The monoisotopic (exact) mass is 255 g/mol. The maximum Gasteiger partial charge on any atom is 0.240 e. The van der Waals surface area contributed by atoms with Crippen LogP contribution in [0.2, 0.25) is 0 Å². The van der Waals surface area contributed by atoms with Gasteiger partial charge in [0.05, 0.1) is 0 Å². The Labute approximate surface area is 110 Å². The minimum Gasteiger partial charge on any atom is -0.350 e. The van der Waals surface area contributed by atoms with Gasteiger partial charge in [-0.3, -0.25) is 9.36 Å². The summed E-state index contributed by atoms with van der Waals surface area (Å²) in [7, 11) is 0. The van der Waals surface area contributed by atoms with Crippen LogP contribution >= 0.6 is 0 Å². The maximum atomic E-state index is 11.7. The van der Waals surface area contributed by atoms with E-state index in [1.807, 2.05) is 37.3 Å². The van der Waals surface area contributed by atoms with Gasteiger partial charge in [-0.05, 0) is 12.5 Å². The highest BCUT2D eigenvalue weighted by molar-refractivity contribution is 5.75. The van der Waals surface area contributed by atoms with Crippen molar-refractivity contribution in [3.63, 3.8) is 0 Å². The van der Waals surface area contributed by atoms with Crippen molar-refractivity contribution in [1.29, 1.82) is 5.26 Å². The number of carbonyl (C=O) groups excluding carboxylic acids is 1. The van der Waals surface area contributed by atoms with Gasteiger partial charge in [-0.15, -0.1) is 10.2 Å². The number of amides is 1. The quantitative estimate of drug-likeness (QED) is 0.874. The Morgan fingerprint density at radius 1 is 1.42 bits per heavy atom. The molecule has 0 spiro atoms. The van der Waals surface area contributed by atoms with Gasteiger partial charge in [-0.25, -0.2) is 0 Å². The average Bonchev–Trinajstić information content (AvgIpc) is 2.85. The third kappa shape index (κ3) is 3.39. The first-order valence-electron chi connectivity index (χ1n) is 5.79. The van der Waals surface area contributed by atoms with Crippen LogP contribution in [0.25, 0.3) is 0 Å². The zero-order valence-electron chi connectivity index (χ0n) is 10.5. The van der Waals surface area contributed by atoms with Crippen LogP contribution in [0.1, 0.15) is 17.0 Å². The second-order valence-corrected chi connectivity index (χ2v) is 4.16. The number of benzene rings is 1. The van der Waals surface area contributed by atoms with E-state index >= 15 is 0 Å². The molecule has 0 aliphatic carbocycles. The van der Waals surface area contributed by atoms with Gasteiger partial charge in [0, 0.05) is 6.54 Å². The molecule has 0 saturated heterocycles. The first kappa shape index (κ1) is 12.8. The van der Waals surface area contributed by atoms with Crippen LogP contribution in [0.5, 0.6) is 0 Å². The minimum atomic E-state index is -0.183. The molecule has 0 radical (unpaired) electrons. The molecule has 1 amide bonds. The van der Waals surface area contributed by atoms with E-state index in [-0.39, 0.29) is 18.3 Å². The van der Waals surface area contributed by atoms with E-state index in [0.29, 0.717) is 6.54 Å². The molecule has 2 rings (SSSR count). The first-order valence-corrected chi connectivity index (χ1v) is 5.79. The lowest BCUT2D eigenvalue weighted by atomic mass is 10.1. The third-order valence-electron chi connectivity index (χ3n) is 2.64. The highest BCUT2D eigenvalue weighted by Crippen LogP contribution is 2.02. The fraction of sp³-hybridized carbons (Fsp3) is 0.231. The molecule has 1 heterocycles. The van der Waals surface area contributed by atoms with Crippen LogP contribution < -0.4 is 5.32 Å². The predicted octanol–water partition coefficient (Wildman–Crippen LogP) is 0.775. The summed E-state index contributed by atoms with van der Waals surface area (Å²) in [6.07, 6.45) is 1.37. The van der Waals surface area contributed by atoms with Crippen LogP contribution in [-0.4, -0.2) is 20.7 Å². The van der Waals surface area contributed by atoms with Crippen molar-refractivity contribution in [3.8, 4) is 6.07 Å². The average molecular weight is 255 g/mol. The molecule has 0 atom stereocenters. The maximum absolute atomic E-state index is 11.7. The van der Waals surface area contributed by atoms with Gasteiger partial charge in [0.15, 0.2) is 0 Å². The van der Waals surface area contributed by atoms with Gasteiger partial charge in [0.2, 0.25) is 11.7 Å². The van der Waals surface area contributed by atoms with Crippen molar-refractivity contribution >= 4 is 5.91 Å². The number of nitrogens with zero attached hydrogens (tertiary/aromatic N) is 4. The number of aromatic nitrogens is 3. The standard InChI is InChI=1S/C13H13N5O/c1-10-2-4-11(5-3-10)7-15-13(19)8-18-9-16-17-12(18)6-14/h2-5,9H,7-8H2,1H3,(H,15,19). The Hall–Kier alpha value is -2.68. The lowest BCUT2D eigenvalue weighted by Gasteiger charge is -2.06. The lowest BCUT2D eigenvalue weighted by Crippen LogP contribution is -2.27. The Balaban J connectivity index is 1.89. The molecule has 6 heteroatoms. The van der Waals surface area contributed by atoms with E-state index in [1.54, 1.807) is 0 Å². The lowest BCUT2D eigenvalue weighted by molar-refractivity contribution is -0.121. The van der Waals surface area contributed by atoms with Crippen LogP contribution in [0, 0.1) is 18.3 Å². The van der Waals surface area contributed by atoms with E-state index in [4.69, 9.17) is 5.26 Å². The molecule has 0 unspecified atom stereocenters. The normalized spacial score (nSPS) is 9.89. The van der Waals surface area contributed by atoms with Gasteiger partial charge >= 0.3 is 0 Å². The van der Waals surface area contributed by atoms with Crippen molar-refractivity contribution < 1.29 is 4.79 Å². The molecule has 1 aromatic heterocycles. The van der Waals surface area contributed by atoms with E-state index in [2.05, 4.69) is 15.5 Å². The molecule has 0 aliphatic heterocycles. The van der Waals surface area contributed by atoms with E-state index in [0.717, 1.165) is 5.56 Å². The summed E-state index contributed by atoms with van der Waals surface area (Å²) in [5.41, 5.74) is 2.21. The summed E-state index contributed by atoms with van der Waals surface area (Å²) in [4.78, 5) is 11.7. The largest absolute Gasteiger partial charge is 0.350 e. The smallest absolute Gasteiger partial charge is 0.240 e. The van der Waals surface area contributed by atoms with Crippen molar-refractivity contribution in [2.24, 2.45) is 0 Å². The second-order valence-electron chi connectivity index (χ2n) is 4.16. The topological polar surface area (TPSA) is 83.6 Å². The number of rotatable bonds is 4. The number of hydrogen-bond acceptors (Lipinski definition) is 4.